The minimum Gasteiger partial charge on any atom is -0.333 e. The van der Waals surface area contributed by atoms with Crippen molar-refractivity contribution in [2.45, 2.75) is 17.9 Å². The zero-order valence-electron chi connectivity index (χ0n) is 12.7. The van der Waals surface area contributed by atoms with Gasteiger partial charge in [-0.3, -0.25) is 9.78 Å². The van der Waals surface area contributed by atoms with E-state index in [1.54, 1.807) is 30.3 Å². The molecule has 1 aromatic carbocycles. The monoisotopic (exact) mass is 318 g/mol. The highest BCUT2D eigenvalue weighted by Gasteiger charge is 2.20. The van der Waals surface area contributed by atoms with Crippen LogP contribution in [0.4, 0.5) is 0 Å². The maximum atomic E-state index is 12.5. The van der Waals surface area contributed by atoms with E-state index in [4.69, 9.17) is 0 Å². The second kappa shape index (κ2) is 6.27. The fraction of sp³-hybridized carbons (Fsp3) is 0.250. The molecule has 0 radical (unpaired) electrons. The SMILES string of the molecule is C[C@@H](c1ccccn1)N(C)C(=O)c1cccc(S(C)(=O)=O)c1. The van der Waals surface area contributed by atoms with E-state index >= 15 is 0 Å². The summed E-state index contributed by atoms with van der Waals surface area (Å²) in [5.74, 6) is -0.247. The topological polar surface area (TPSA) is 67.3 Å². The van der Waals surface area contributed by atoms with Crippen molar-refractivity contribution in [1.29, 1.82) is 0 Å². The molecule has 1 atom stereocenters. The number of benzene rings is 1. The highest BCUT2D eigenvalue weighted by Crippen LogP contribution is 2.20. The first kappa shape index (κ1) is 16.2. The molecule has 0 fully saturated rings. The van der Waals surface area contributed by atoms with Gasteiger partial charge in [-0.15, -0.1) is 0 Å². The van der Waals surface area contributed by atoms with Gasteiger partial charge in [-0.05, 0) is 37.3 Å². The maximum Gasteiger partial charge on any atom is 0.254 e. The lowest BCUT2D eigenvalue weighted by atomic mass is 10.1. The van der Waals surface area contributed by atoms with Crippen LogP contribution in [0.2, 0.25) is 0 Å². The normalized spacial score (nSPS) is 12.7. The molecule has 2 aromatic rings. The summed E-state index contributed by atoms with van der Waals surface area (Å²) in [5, 5.41) is 0. The van der Waals surface area contributed by atoms with Crippen molar-refractivity contribution in [2.75, 3.05) is 13.3 Å². The summed E-state index contributed by atoms with van der Waals surface area (Å²) in [6.45, 7) is 1.88. The number of carbonyl (C=O) groups is 1. The average molecular weight is 318 g/mol. The van der Waals surface area contributed by atoms with Gasteiger partial charge in [0, 0.05) is 25.1 Å². The van der Waals surface area contributed by atoms with Gasteiger partial charge in [0.25, 0.3) is 5.91 Å². The third kappa shape index (κ3) is 3.51. The molecule has 22 heavy (non-hydrogen) atoms. The third-order valence-corrected chi connectivity index (χ3v) is 4.64. The molecule has 1 aromatic heterocycles. The number of carbonyl (C=O) groups excluding carboxylic acids is 1. The molecule has 0 aliphatic heterocycles. The van der Waals surface area contributed by atoms with Gasteiger partial charge in [-0.2, -0.15) is 0 Å². The molecule has 0 aliphatic carbocycles. The molecule has 0 spiro atoms. The molecule has 0 bridgehead atoms. The van der Waals surface area contributed by atoms with Crippen LogP contribution in [-0.2, 0) is 9.84 Å². The molecule has 5 nitrogen and oxygen atoms in total. The molecule has 0 N–H and O–H groups in total. The van der Waals surface area contributed by atoms with Crippen molar-refractivity contribution < 1.29 is 13.2 Å². The molecule has 2 rings (SSSR count). The van der Waals surface area contributed by atoms with Crippen LogP contribution in [0.5, 0.6) is 0 Å². The van der Waals surface area contributed by atoms with Gasteiger partial charge >= 0.3 is 0 Å². The third-order valence-electron chi connectivity index (χ3n) is 3.53. The first-order valence-corrected chi connectivity index (χ1v) is 8.68. The Kier molecular flexibility index (Phi) is 4.61. The zero-order chi connectivity index (χ0) is 16.3. The van der Waals surface area contributed by atoms with Crippen molar-refractivity contribution in [3.8, 4) is 0 Å². The number of sulfone groups is 1. The molecule has 1 heterocycles. The molecule has 116 valence electrons. The second-order valence-electron chi connectivity index (χ2n) is 5.15. The van der Waals surface area contributed by atoms with Crippen LogP contribution in [0.1, 0.15) is 29.0 Å². The second-order valence-corrected chi connectivity index (χ2v) is 7.16. The van der Waals surface area contributed by atoms with E-state index in [0.717, 1.165) is 11.9 Å². The van der Waals surface area contributed by atoms with Gasteiger partial charge in [-0.25, -0.2) is 8.42 Å². The molecule has 0 saturated carbocycles. The summed E-state index contributed by atoms with van der Waals surface area (Å²) < 4.78 is 23.2. The lowest BCUT2D eigenvalue weighted by molar-refractivity contribution is 0.0739. The van der Waals surface area contributed by atoms with Crippen LogP contribution in [0.3, 0.4) is 0 Å². The minimum atomic E-state index is -3.34. The van der Waals surface area contributed by atoms with Gasteiger partial charge in [0.05, 0.1) is 16.6 Å². The van der Waals surface area contributed by atoms with E-state index in [9.17, 15) is 13.2 Å². The molecule has 0 saturated heterocycles. The predicted octanol–water partition coefficient (Wildman–Crippen LogP) is 2.32. The summed E-state index contributed by atoms with van der Waals surface area (Å²) in [6, 6.07) is 11.4. The van der Waals surface area contributed by atoms with E-state index < -0.39 is 9.84 Å². The van der Waals surface area contributed by atoms with Crippen molar-refractivity contribution in [2.24, 2.45) is 0 Å². The summed E-state index contributed by atoms with van der Waals surface area (Å²) in [6.07, 6.45) is 2.80. The Bertz CT molecular complexity index is 773. The highest BCUT2D eigenvalue weighted by molar-refractivity contribution is 7.90. The molecule has 6 heteroatoms. The van der Waals surface area contributed by atoms with Crippen molar-refractivity contribution >= 4 is 15.7 Å². The number of hydrogen-bond acceptors (Lipinski definition) is 4. The van der Waals surface area contributed by atoms with Crippen LogP contribution in [-0.4, -0.2) is 37.5 Å². The van der Waals surface area contributed by atoms with Gasteiger partial charge in [0.15, 0.2) is 9.84 Å². The highest BCUT2D eigenvalue weighted by atomic mass is 32.2. The Labute approximate surface area is 130 Å². The fourth-order valence-corrected chi connectivity index (χ4v) is 2.73. The summed E-state index contributed by atoms with van der Waals surface area (Å²) >= 11 is 0. The molecular formula is C16H18N2O3S. The quantitative estimate of drug-likeness (QED) is 0.867. The minimum absolute atomic E-state index is 0.136. The lowest BCUT2D eigenvalue weighted by Crippen LogP contribution is -2.30. The lowest BCUT2D eigenvalue weighted by Gasteiger charge is -2.24. The van der Waals surface area contributed by atoms with Gasteiger partial charge in [0.1, 0.15) is 0 Å². The van der Waals surface area contributed by atoms with Crippen molar-refractivity contribution in [3.63, 3.8) is 0 Å². The Morgan fingerprint density at radius 1 is 1.18 bits per heavy atom. The number of rotatable bonds is 4. The Morgan fingerprint density at radius 2 is 1.91 bits per heavy atom. The van der Waals surface area contributed by atoms with Gasteiger partial charge < -0.3 is 4.90 Å². The molecule has 0 aliphatic rings. The van der Waals surface area contributed by atoms with Crippen LogP contribution in [0.25, 0.3) is 0 Å². The number of pyridine rings is 1. The van der Waals surface area contributed by atoms with Gasteiger partial charge in [0.2, 0.25) is 0 Å². The standard InChI is InChI=1S/C16H18N2O3S/c1-12(15-9-4-5-10-17-15)18(2)16(19)13-7-6-8-14(11-13)22(3,20)21/h4-12H,1-3H3/t12-/m0/s1. The van der Waals surface area contributed by atoms with Gasteiger partial charge in [-0.1, -0.05) is 12.1 Å². The van der Waals surface area contributed by atoms with E-state index in [1.807, 2.05) is 25.1 Å². The maximum absolute atomic E-state index is 12.5. The van der Waals surface area contributed by atoms with Crippen LogP contribution >= 0.6 is 0 Å². The van der Waals surface area contributed by atoms with Crippen molar-refractivity contribution in [1.82, 2.24) is 9.88 Å². The summed E-state index contributed by atoms with van der Waals surface area (Å²) in [7, 11) is -1.66. The Morgan fingerprint density at radius 3 is 2.50 bits per heavy atom. The van der Waals surface area contributed by atoms with Crippen LogP contribution in [0, 0.1) is 0 Å². The summed E-state index contributed by atoms with van der Waals surface area (Å²) in [4.78, 5) is 18.5. The van der Waals surface area contributed by atoms with Crippen molar-refractivity contribution in [3.05, 3.63) is 59.9 Å². The molecule has 1 amide bonds. The van der Waals surface area contributed by atoms with E-state index in [1.165, 1.54) is 12.1 Å². The predicted molar refractivity (Wildman–Crippen MR) is 84.3 cm³/mol. The zero-order valence-corrected chi connectivity index (χ0v) is 13.5. The molecular weight excluding hydrogens is 300 g/mol. The van der Waals surface area contributed by atoms with Crippen LogP contribution in [0.15, 0.2) is 53.6 Å². The fourth-order valence-electron chi connectivity index (χ4n) is 2.06. The summed E-state index contributed by atoms with van der Waals surface area (Å²) in [5.41, 5.74) is 1.12. The average Bonchev–Trinajstić information content (AvgIpc) is 2.53. The molecule has 0 unspecified atom stereocenters. The Balaban J connectivity index is 2.28. The first-order chi connectivity index (χ1) is 10.3. The number of amides is 1. The Hall–Kier alpha value is -2.21. The first-order valence-electron chi connectivity index (χ1n) is 6.79. The van der Waals surface area contributed by atoms with Crippen LogP contribution < -0.4 is 0 Å². The van der Waals surface area contributed by atoms with E-state index in [-0.39, 0.29) is 16.8 Å². The number of aromatic nitrogens is 1. The van der Waals surface area contributed by atoms with E-state index in [0.29, 0.717) is 5.56 Å². The number of hydrogen-bond donors (Lipinski definition) is 0. The number of nitrogens with zero attached hydrogens (tertiary/aromatic N) is 2. The van der Waals surface area contributed by atoms with E-state index in [2.05, 4.69) is 4.98 Å². The largest absolute Gasteiger partial charge is 0.333 e. The smallest absolute Gasteiger partial charge is 0.254 e.